The molecular weight excluding hydrogens is 374 g/mol. The molecule has 10 heteroatoms. The molecule has 0 N–H and O–H groups in total. The highest BCUT2D eigenvalue weighted by Crippen LogP contribution is 2.20. The molecule has 2 saturated heterocycles. The Morgan fingerprint density at radius 2 is 1.72 bits per heavy atom. The summed E-state index contributed by atoms with van der Waals surface area (Å²) in [7, 11) is 1.54. The minimum absolute atomic E-state index is 0.159. The average molecular weight is 399 g/mol. The van der Waals surface area contributed by atoms with Crippen LogP contribution in [0.15, 0.2) is 23.0 Å². The van der Waals surface area contributed by atoms with E-state index in [0.29, 0.717) is 39.4 Å². The maximum Gasteiger partial charge on any atom is 0.274 e. The monoisotopic (exact) mass is 399 g/mol. The van der Waals surface area contributed by atoms with Crippen LogP contribution in [0.1, 0.15) is 16.2 Å². The van der Waals surface area contributed by atoms with E-state index >= 15 is 0 Å². The molecule has 2 fully saturated rings. The van der Waals surface area contributed by atoms with Crippen molar-refractivity contribution in [2.75, 3.05) is 62.3 Å². The predicted molar refractivity (Wildman–Crippen MR) is 107 cm³/mol. The second kappa shape index (κ2) is 8.16. The topological polar surface area (TPSA) is 96.7 Å². The molecule has 2 aromatic rings. The number of hydrogen-bond acceptors (Lipinski definition) is 8. The SMILES string of the molecule is Cc1cc(N2CCN(C(=O)c3ccc(=O)n(C)n3)CC2)nc(N2CCOCC2)n1. The molecule has 2 aliphatic rings. The van der Waals surface area contributed by atoms with Crippen molar-refractivity contribution in [2.24, 2.45) is 7.05 Å². The summed E-state index contributed by atoms with van der Waals surface area (Å²) in [6, 6.07) is 4.84. The van der Waals surface area contributed by atoms with Crippen LogP contribution in [0.2, 0.25) is 0 Å². The minimum Gasteiger partial charge on any atom is -0.378 e. The van der Waals surface area contributed by atoms with E-state index in [1.807, 2.05) is 13.0 Å². The van der Waals surface area contributed by atoms with Crippen LogP contribution >= 0.6 is 0 Å². The number of hydrogen-bond donors (Lipinski definition) is 0. The number of aryl methyl sites for hydroxylation is 2. The fraction of sp³-hybridized carbons (Fsp3) is 0.526. The highest BCUT2D eigenvalue weighted by Gasteiger charge is 2.25. The van der Waals surface area contributed by atoms with Gasteiger partial charge >= 0.3 is 0 Å². The van der Waals surface area contributed by atoms with Crippen molar-refractivity contribution in [3.05, 3.63) is 39.9 Å². The summed E-state index contributed by atoms with van der Waals surface area (Å²) < 4.78 is 6.59. The van der Waals surface area contributed by atoms with Gasteiger partial charge in [-0.1, -0.05) is 0 Å². The van der Waals surface area contributed by atoms with Gasteiger partial charge in [-0.3, -0.25) is 9.59 Å². The van der Waals surface area contributed by atoms with Gasteiger partial charge in [-0.15, -0.1) is 0 Å². The molecule has 0 radical (unpaired) electrons. The number of morpholine rings is 1. The molecular formula is C19H25N7O3. The normalized spacial score (nSPS) is 17.5. The first kappa shape index (κ1) is 19.3. The van der Waals surface area contributed by atoms with Crippen molar-refractivity contribution in [3.63, 3.8) is 0 Å². The Bertz CT molecular complexity index is 947. The number of carbonyl (C=O) groups is 1. The maximum absolute atomic E-state index is 12.7. The molecule has 0 atom stereocenters. The van der Waals surface area contributed by atoms with Crippen LogP contribution in [0.4, 0.5) is 11.8 Å². The van der Waals surface area contributed by atoms with Crippen molar-refractivity contribution in [1.29, 1.82) is 0 Å². The number of amides is 1. The Morgan fingerprint density at radius 1 is 1.00 bits per heavy atom. The summed E-state index contributed by atoms with van der Waals surface area (Å²) in [5.41, 5.74) is 0.971. The number of carbonyl (C=O) groups excluding carboxylic acids is 1. The second-order valence-corrected chi connectivity index (χ2v) is 7.23. The van der Waals surface area contributed by atoms with Gasteiger partial charge in [-0.05, 0) is 13.0 Å². The molecule has 0 aliphatic carbocycles. The zero-order valence-corrected chi connectivity index (χ0v) is 16.7. The van der Waals surface area contributed by atoms with Crippen molar-refractivity contribution < 1.29 is 9.53 Å². The lowest BCUT2D eigenvalue weighted by Crippen LogP contribution is -2.49. The van der Waals surface area contributed by atoms with Gasteiger partial charge in [-0.25, -0.2) is 9.67 Å². The Kier molecular flexibility index (Phi) is 5.43. The lowest BCUT2D eigenvalue weighted by Gasteiger charge is -2.36. The van der Waals surface area contributed by atoms with E-state index in [0.717, 1.165) is 30.5 Å². The smallest absolute Gasteiger partial charge is 0.274 e. The van der Waals surface area contributed by atoms with E-state index in [1.165, 1.54) is 16.8 Å². The molecule has 29 heavy (non-hydrogen) atoms. The third-order valence-corrected chi connectivity index (χ3v) is 5.19. The molecule has 1 amide bonds. The Hall–Kier alpha value is -3.01. The summed E-state index contributed by atoms with van der Waals surface area (Å²) in [5, 5.41) is 4.06. The Labute approximate surface area is 168 Å². The van der Waals surface area contributed by atoms with Gasteiger partial charge in [0.2, 0.25) is 5.95 Å². The summed E-state index contributed by atoms with van der Waals surface area (Å²) >= 11 is 0. The molecule has 10 nitrogen and oxygen atoms in total. The molecule has 2 aromatic heterocycles. The molecule has 2 aliphatic heterocycles. The Morgan fingerprint density at radius 3 is 2.41 bits per heavy atom. The van der Waals surface area contributed by atoms with Gasteiger partial charge in [0, 0.05) is 64.1 Å². The van der Waals surface area contributed by atoms with Gasteiger partial charge in [0.25, 0.3) is 11.5 Å². The summed E-state index contributed by atoms with van der Waals surface area (Å²) in [6.07, 6.45) is 0. The zero-order chi connectivity index (χ0) is 20.4. The van der Waals surface area contributed by atoms with Gasteiger partial charge in [-0.2, -0.15) is 10.1 Å². The van der Waals surface area contributed by atoms with Crippen molar-refractivity contribution in [1.82, 2.24) is 24.6 Å². The van der Waals surface area contributed by atoms with Gasteiger partial charge in [0.15, 0.2) is 0 Å². The predicted octanol–water partition coefficient (Wildman–Crippen LogP) is -0.322. The van der Waals surface area contributed by atoms with Crippen LogP contribution in [-0.2, 0) is 11.8 Å². The van der Waals surface area contributed by atoms with Crippen molar-refractivity contribution in [3.8, 4) is 0 Å². The van der Waals surface area contributed by atoms with E-state index in [9.17, 15) is 9.59 Å². The molecule has 4 heterocycles. The fourth-order valence-electron chi connectivity index (χ4n) is 3.52. The van der Waals surface area contributed by atoms with E-state index in [1.54, 1.807) is 11.9 Å². The molecule has 0 saturated carbocycles. The molecule has 0 aromatic carbocycles. The maximum atomic E-state index is 12.7. The van der Waals surface area contributed by atoms with Gasteiger partial charge in [0.1, 0.15) is 11.5 Å². The van der Waals surface area contributed by atoms with E-state index in [-0.39, 0.29) is 17.2 Å². The number of nitrogens with zero attached hydrogens (tertiary/aromatic N) is 7. The summed E-state index contributed by atoms with van der Waals surface area (Å²) in [5.74, 6) is 1.45. The van der Waals surface area contributed by atoms with Crippen LogP contribution in [0.3, 0.4) is 0 Å². The standard InChI is InChI=1S/C19H25N7O3/c1-14-13-16(21-19(20-14)26-9-11-29-12-10-26)24-5-7-25(8-6-24)18(28)15-3-4-17(27)23(2)22-15/h3-4,13H,5-12H2,1-2H3. The molecule has 0 unspecified atom stereocenters. The van der Waals surface area contributed by atoms with Gasteiger partial charge < -0.3 is 19.4 Å². The van der Waals surface area contributed by atoms with Crippen molar-refractivity contribution in [2.45, 2.75) is 6.92 Å². The van der Waals surface area contributed by atoms with E-state index in [2.05, 4.69) is 19.9 Å². The first-order valence-corrected chi connectivity index (χ1v) is 9.78. The molecule has 4 rings (SSSR count). The van der Waals surface area contributed by atoms with E-state index in [4.69, 9.17) is 9.72 Å². The number of ether oxygens (including phenoxy) is 1. The molecule has 0 spiro atoms. The third kappa shape index (κ3) is 4.21. The molecule has 0 bridgehead atoms. The van der Waals surface area contributed by atoms with E-state index < -0.39 is 0 Å². The lowest BCUT2D eigenvalue weighted by atomic mass is 10.2. The van der Waals surface area contributed by atoms with Crippen LogP contribution in [0, 0.1) is 6.92 Å². The number of piperazine rings is 1. The van der Waals surface area contributed by atoms with Crippen LogP contribution in [0.25, 0.3) is 0 Å². The Balaban J connectivity index is 1.44. The number of aromatic nitrogens is 4. The van der Waals surface area contributed by atoms with Crippen LogP contribution in [0.5, 0.6) is 0 Å². The highest BCUT2D eigenvalue weighted by atomic mass is 16.5. The lowest BCUT2D eigenvalue weighted by molar-refractivity contribution is 0.0738. The van der Waals surface area contributed by atoms with Crippen LogP contribution in [-0.4, -0.2) is 83.0 Å². The molecule has 154 valence electrons. The number of rotatable bonds is 3. The zero-order valence-electron chi connectivity index (χ0n) is 16.7. The minimum atomic E-state index is -0.235. The second-order valence-electron chi connectivity index (χ2n) is 7.23. The summed E-state index contributed by atoms with van der Waals surface area (Å²) in [6.45, 7) is 7.42. The highest BCUT2D eigenvalue weighted by molar-refractivity contribution is 5.92. The first-order chi connectivity index (χ1) is 14.0. The largest absolute Gasteiger partial charge is 0.378 e. The van der Waals surface area contributed by atoms with Crippen molar-refractivity contribution >= 4 is 17.7 Å². The fourth-order valence-corrected chi connectivity index (χ4v) is 3.52. The summed E-state index contributed by atoms with van der Waals surface area (Å²) in [4.78, 5) is 39.6. The first-order valence-electron chi connectivity index (χ1n) is 9.78. The third-order valence-electron chi connectivity index (χ3n) is 5.19. The van der Waals surface area contributed by atoms with Gasteiger partial charge in [0.05, 0.1) is 13.2 Å². The number of anilines is 2. The van der Waals surface area contributed by atoms with Crippen LogP contribution < -0.4 is 15.4 Å². The quantitative estimate of drug-likeness (QED) is 0.693. The average Bonchev–Trinajstić information content (AvgIpc) is 2.75.